The second-order valence-electron chi connectivity index (χ2n) is 5.82. The topological polar surface area (TPSA) is 54.5 Å². The Bertz CT molecular complexity index is 653. The molecule has 24 heavy (non-hydrogen) atoms. The first-order chi connectivity index (χ1) is 11.8. The Balaban J connectivity index is 1.72. The predicted octanol–water partition coefficient (Wildman–Crippen LogP) is 3.05. The first-order valence-corrected chi connectivity index (χ1v) is 9.28. The van der Waals surface area contributed by atoms with Crippen molar-refractivity contribution in [3.05, 3.63) is 47.0 Å². The van der Waals surface area contributed by atoms with Gasteiger partial charge in [-0.05, 0) is 25.3 Å². The highest BCUT2D eigenvalue weighted by Gasteiger charge is 2.29. The van der Waals surface area contributed by atoms with Crippen molar-refractivity contribution in [2.24, 2.45) is 0 Å². The van der Waals surface area contributed by atoms with E-state index in [2.05, 4.69) is 22.4 Å². The Labute approximate surface area is 146 Å². The number of amides is 1. The van der Waals surface area contributed by atoms with Gasteiger partial charge < -0.3 is 15.0 Å². The summed E-state index contributed by atoms with van der Waals surface area (Å²) in [7, 11) is 0. The highest BCUT2D eigenvalue weighted by molar-refractivity contribution is 7.13. The van der Waals surface area contributed by atoms with E-state index in [0.717, 1.165) is 31.1 Å². The molecule has 0 bridgehead atoms. The minimum Gasteiger partial charge on any atom is -0.379 e. The molecule has 5 nitrogen and oxygen atoms in total. The lowest BCUT2D eigenvalue weighted by Crippen LogP contribution is -2.42. The minimum absolute atomic E-state index is 0.00170. The standard InChI is InChI=1S/C18H23N3O2S/c1-2-19-18-20-16(13-24-18)17(22)21(15-9-11-23-12-15)10-8-14-6-4-3-5-7-14/h3-7,13,15H,2,8-12H2,1H3,(H,19,20)/t15-/m1/s1. The third-order valence-corrected chi connectivity index (χ3v) is 4.94. The molecule has 0 saturated carbocycles. The van der Waals surface area contributed by atoms with Crippen molar-refractivity contribution in [1.82, 2.24) is 9.88 Å². The number of carbonyl (C=O) groups excluding carboxylic acids is 1. The average molecular weight is 345 g/mol. The predicted molar refractivity (Wildman–Crippen MR) is 96.7 cm³/mol. The molecule has 1 saturated heterocycles. The van der Waals surface area contributed by atoms with Crippen LogP contribution in [0.2, 0.25) is 0 Å². The number of anilines is 1. The first-order valence-electron chi connectivity index (χ1n) is 8.40. The molecular weight excluding hydrogens is 322 g/mol. The highest BCUT2D eigenvalue weighted by Crippen LogP contribution is 2.20. The van der Waals surface area contributed by atoms with E-state index < -0.39 is 0 Å². The van der Waals surface area contributed by atoms with E-state index in [-0.39, 0.29) is 11.9 Å². The molecule has 1 amide bonds. The van der Waals surface area contributed by atoms with Crippen LogP contribution in [0.25, 0.3) is 0 Å². The van der Waals surface area contributed by atoms with E-state index in [1.54, 1.807) is 0 Å². The maximum atomic E-state index is 13.0. The van der Waals surface area contributed by atoms with Crippen molar-refractivity contribution < 1.29 is 9.53 Å². The molecule has 0 radical (unpaired) electrons. The molecule has 1 fully saturated rings. The van der Waals surface area contributed by atoms with Crippen LogP contribution in [-0.4, -0.2) is 48.1 Å². The fraction of sp³-hybridized carbons (Fsp3) is 0.444. The Hall–Kier alpha value is -1.92. The third-order valence-electron chi connectivity index (χ3n) is 4.14. The van der Waals surface area contributed by atoms with Crippen molar-refractivity contribution in [1.29, 1.82) is 0 Å². The molecule has 1 aromatic heterocycles. The maximum absolute atomic E-state index is 13.0. The van der Waals surface area contributed by atoms with Crippen molar-refractivity contribution in [2.45, 2.75) is 25.8 Å². The zero-order valence-electron chi connectivity index (χ0n) is 13.9. The quantitative estimate of drug-likeness (QED) is 0.838. The van der Waals surface area contributed by atoms with E-state index in [4.69, 9.17) is 4.74 Å². The summed E-state index contributed by atoms with van der Waals surface area (Å²) in [5.74, 6) is 0.00170. The molecule has 1 atom stereocenters. The summed E-state index contributed by atoms with van der Waals surface area (Å²) in [6.07, 6.45) is 1.73. The van der Waals surface area contributed by atoms with Gasteiger partial charge in [0.1, 0.15) is 5.69 Å². The summed E-state index contributed by atoms with van der Waals surface area (Å²) in [4.78, 5) is 19.3. The number of aromatic nitrogens is 1. The van der Waals surface area contributed by atoms with Gasteiger partial charge in [0.2, 0.25) is 0 Å². The zero-order valence-corrected chi connectivity index (χ0v) is 14.7. The van der Waals surface area contributed by atoms with Gasteiger partial charge >= 0.3 is 0 Å². The molecule has 0 aliphatic carbocycles. The van der Waals surface area contributed by atoms with Gasteiger partial charge in [-0.25, -0.2) is 4.98 Å². The monoisotopic (exact) mass is 345 g/mol. The highest BCUT2D eigenvalue weighted by atomic mass is 32.1. The fourth-order valence-electron chi connectivity index (χ4n) is 2.86. The lowest BCUT2D eigenvalue weighted by Gasteiger charge is -2.27. The Kier molecular flexibility index (Phi) is 5.82. The molecule has 0 spiro atoms. The fourth-order valence-corrected chi connectivity index (χ4v) is 3.62. The molecular formula is C18H23N3O2S. The summed E-state index contributed by atoms with van der Waals surface area (Å²) in [5.41, 5.74) is 1.76. The van der Waals surface area contributed by atoms with Gasteiger partial charge in [-0.2, -0.15) is 0 Å². The van der Waals surface area contributed by atoms with Gasteiger partial charge in [-0.15, -0.1) is 11.3 Å². The van der Waals surface area contributed by atoms with E-state index in [9.17, 15) is 4.79 Å². The smallest absolute Gasteiger partial charge is 0.273 e. The van der Waals surface area contributed by atoms with E-state index in [1.807, 2.05) is 35.4 Å². The normalized spacial score (nSPS) is 17.0. The summed E-state index contributed by atoms with van der Waals surface area (Å²) >= 11 is 1.48. The van der Waals surface area contributed by atoms with Crippen molar-refractivity contribution >= 4 is 22.4 Å². The first kappa shape index (κ1) is 16.9. The molecule has 6 heteroatoms. The third kappa shape index (κ3) is 4.13. The number of hydrogen-bond donors (Lipinski definition) is 1. The Morgan fingerprint density at radius 2 is 2.25 bits per heavy atom. The van der Waals surface area contributed by atoms with Crippen molar-refractivity contribution in [3.63, 3.8) is 0 Å². The number of nitrogens with one attached hydrogen (secondary N) is 1. The van der Waals surface area contributed by atoms with Gasteiger partial charge in [-0.3, -0.25) is 4.79 Å². The number of carbonyl (C=O) groups is 1. The van der Waals surface area contributed by atoms with Crippen molar-refractivity contribution in [3.8, 4) is 0 Å². The number of hydrogen-bond acceptors (Lipinski definition) is 5. The lowest BCUT2D eigenvalue weighted by molar-refractivity contribution is 0.0651. The van der Waals surface area contributed by atoms with Crippen LogP contribution in [0.5, 0.6) is 0 Å². The van der Waals surface area contributed by atoms with Gasteiger partial charge in [0.05, 0.1) is 12.6 Å². The van der Waals surface area contributed by atoms with Crippen LogP contribution in [0.1, 0.15) is 29.4 Å². The molecule has 3 rings (SSSR count). The van der Waals surface area contributed by atoms with Crippen LogP contribution in [0.15, 0.2) is 35.7 Å². The number of nitrogens with zero attached hydrogens (tertiary/aromatic N) is 2. The van der Waals surface area contributed by atoms with Crippen molar-refractivity contribution in [2.75, 3.05) is 31.6 Å². The van der Waals surface area contributed by atoms with E-state index in [0.29, 0.717) is 18.8 Å². The minimum atomic E-state index is 0.00170. The second-order valence-corrected chi connectivity index (χ2v) is 6.68. The van der Waals surface area contributed by atoms with Crippen LogP contribution < -0.4 is 5.32 Å². The second kappa shape index (κ2) is 8.26. The summed E-state index contributed by atoms with van der Waals surface area (Å²) in [6, 6.07) is 10.4. The lowest BCUT2D eigenvalue weighted by atomic mass is 10.1. The molecule has 0 unspecified atom stereocenters. The molecule has 2 heterocycles. The summed E-state index contributed by atoms with van der Waals surface area (Å²) < 4.78 is 5.50. The maximum Gasteiger partial charge on any atom is 0.273 e. The Morgan fingerprint density at radius 1 is 1.42 bits per heavy atom. The number of ether oxygens (including phenoxy) is 1. The number of benzene rings is 1. The van der Waals surface area contributed by atoms with Gasteiger partial charge in [0, 0.05) is 25.1 Å². The molecule has 1 aliphatic heterocycles. The van der Waals surface area contributed by atoms with Crippen LogP contribution in [-0.2, 0) is 11.2 Å². The van der Waals surface area contributed by atoms with Crippen LogP contribution in [0.3, 0.4) is 0 Å². The molecule has 1 N–H and O–H groups in total. The average Bonchev–Trinajstić information content (AvgIpc) is 3.28. The van der Waals surface area contributed by atoms with Crippen LogP contribution >= 0.6 is 11.3 Å². The van der Waals surface area contributed by atoms with Crippen LogP contribution in [0, 0.1) is 0 Å². The summed E-state index contributed by atoms with van der Waals surface area (Å²) in [5, 5.41) is 5.80. The Morgan fingerprint density at radius 3 is 2.96 bits per heavy atom. The van der Waals surface area contributed by atoms with Gasteiger partial charge in [-0.1, -0.05) is 30.3 Å². The number of rotatable bonds is 7. The SMILES string of the molecule is CCNc1nc(C(=O)N(CCc2ccccc2)[C@@H]2CCOC2)cs1. The van der Waals surface area contributed by atoms with Crippen LogP contribution in [0.4, 0.5) is 5.13 Å². The zero-order chi connectivity index (χ0) is 16.8. The van der Waals surface area contributed by atoms with E-state index >= 15 is 0 Å². The molecule has 2 aromatic rings. The molecule has 128 valence electrons. The largest absolute Gasteiger partial charge is 0.379 e. The van der Waals surface area contributed by atoms with Gasteiger partial charge in [0.25, 0.3) is 5.91 Å². The van der Waals surface area contributed by atoms with E-state index in [1.165, 1.54) is 16.9 Å². The number of thiazole rings is 1. The molecule has 1 aromatic carbocycles. The van der Waals surface area contributed by atoms with Gasteiger partial charge in [0.15, 0.2) is 5.13 Å². The summed E-state index contributed by atoms with van der Waals surface area (Å²) in [6.45, 7) is 4.84. The molecule has 1 aliphatic rings.